The number of hydrogen-bond acceptors (Lipinski definition) is 4. The van der Waals surface area contributed by atoms with Gasteiger partial charge in [0.15, 0.2) is 0 Å². The lowest BCUT2D eigenvalue weighted by Crippen LogP contribution is -2.37. The fraction of sp³-hybridized carbons (Fsp3) is 0.652. The predicted octanol–water partition coefficient (Wildman–Crippen LogP) is 3.89. The van der Waals surface area contributed by atoms with Crippen LogP contribution in [0.5, 0.6) is 0 Å². The average Bonchev–Trinajstić information content (AvgIpc) is 2.90. The van der Waals surface area contributed by atoms with Crippen molar-refractivity contribution >= 4 is 12.0 Å². The molecule has 6 heteroatoms. The van der Waals surface area contributed by atoms with Gasteiger partial charge in [-0.2, -0.15) is 0 Å². The summed E-state index contributed by atoms with van der Waals surface area (Å²) in [4.78, 5) is 28.5. The van der Waals surface area contributed by atoms with E-state index in [0.717, 1.165) is 18.4 Å². The minimum Gasteiger partial charge on any atom is -0.444 e. The first kappa shape index (κ1) is 23.2. The Morgan fingerprint density at radius 3 is 2.21 bits per heavy atom. The molecule has 1 aliphatic rings. The molecule has 6 nitrogen and oxygen atoms in total. The number of benzene rings is 1. The van der Waals surface area contributed by atoms with Gasteiger partial charge in [0.05, 0.1) is 0 Å². The van der Waals surface area contributed by atoms with Crippen molar-refractivity contribution in [1.29, 1.82) is 0 Å². The number of likely N-dealkylation sites (tertiary alicyclic amines) is 1. The van der Waals surface area contributed by atoms with Crippen molar-refractivity contribution < 1.29 is 19.4 Å². The lowest BCUT2D eigenvalue weighted by atomic mass is 9.82. The van der Waals surface area contributed by atoms with E-state index in [9.17, 15) is 14.7 Å². The van der Waals surface area contributed by atoms with Gasteiger partial charge in [-0.3, -0.25) is 4.79 Å². The first-order valence-electron chi connectivity index (χ1n) is 10.7. The molecular formula is C23H36N2O4. The number of ether oxygens (including phenoxy) is 1. The highest BCUT2D eigenvalue weighted by Gasteiger charge is 2.31. The summed E-state index contributed by atoms with van der Waals surface area (Å²) in [6, 6.07) is 7.74. The number of nitrogens with zero attached hydrogens (tertiary/aromatic N) is 2. The smallest absolute Gasteiger partial charge is 0.410 e. The second-order valence-electron chi connectivity index (χ2n) is 8.69. The van der Waals surface area contributed by atoms with Gasteiger partial charge in [-0.25, -0.2) is 4.79 Å². The molecule has 0 aliphatic carbocycles. The lowest BCUT2D eigenvalue weighted by Gasteiger charge is -2.26. The molecule has 1 aliphatic heterocycles. The molecule has 1 fully saturated rings. The molecule has 0 radical (unpaired) electrons. The van der Waals surface area contributed by atoms with E-state index in [0.29, 0.717) is 31.7 Å². The van der Waals surface area contributed by atoms with E-state index in [1.807, 2.05) is 58.9 Å². The number of hydrogen-bond donors (Lipinski definition) is 1. The minimum absolute atomic E-state index is 0.0391. The minimum atomic E-state index is -0.521. The van der Waals surface area contributed by atoms with Gasteiger partial charge in [0.25, 0.3) is 5.91 Å². The first-order valence-corrected chi connectivity index (χ1v) is 10.7. The van der Waals surface area contributed by atoms with E-state index < -0.39 is 5.60 Å². The Morgan fingerprint density at radius 2 is 1.69 bits per heavy atom. The summed E-state index contributed by atoms with van der Waals surface area (Å²) < 4.78 is 5.51. The SMILES string of the molecule is CCN(CC)C(=O)c1ccc(C2CCN(C(=O)OC(C)(C)C)CCC2CO)cc1. The van der Waals surface area contributed by atoms with Gasteiger partial charge in [-0.1, -0.05) is 12.1 Å². The van der Waals surface area contributed by atoms with Crippen LogP contribution in [0, 0.1) is 5.92 Å². The van der Waals surface area contributed by atoms with Crippen molar-refractivity contribution in [3.05, 3.63) is 35.4 Å². The van der Waals surface area contributed by atoms with Gasteiger partial charge in [0, 0.05) is 38.3 Å². The topological polar surface area (TPSA) is 70.1 Å². The number of aliphatic hydroxyl groups is 1. The van der Waals surface area contributed by atoms with Gasteiger partial charge in [-0.05, 0) is 77.0 Å². The second kappa shape index (κ2) is 10.1. The average molecular weight is 405 g/mol. The van der Waals surface area contributed by atoms with Gasteiger partial charge >= 0.3 is 6.09 Å². The molecule has 1 N–H and O–H groups in total. The summed E-state index contributed by atoms with van der Waals surface area (Å²) in [6.45, 7) is 12.2. The molecule has 2 amide bonds. The lowest BCUT2D eigenvalue weighted by molar-refractivity contribution is 0.0253. The Kier molecular flexibility index (Phi) is 8.08. The van der Waals surface area contributed by atoms with Crippen LogP contribution in [0.25, 0.3) is 0 Å². The summed E-state index contributed by atoms with van der Waals surface area (Å²) in [5, 5.41) is 9.94. The zero-order chi connectivity index (χ0) is 21.6. The molecule has 0 saturated carbocycles. The Hall–Kier alpha value is -2.08. The number of aliphatic hydroxyl groups excluding tert-OH is 1. The zero-order valence-corrected chi connectivity index (χ0v) is 18.5. The Bertz CT molecular complexity index is 677. The summed E-state index contributed by atoms with van der Waals surface area (Å²) in [5.74, 6) is 0.258. The maximum Gasteiger partial charge on any atom is 0.410 e. The number of carbonyl (C=O) groups excluding carboxylic acids is 2. The Morgan fingerprint density at radius 1 is 1.10 bits per heavy atom. The highest BCUT2D eigenvalue weighted by atomic mass is 16.6. The molecular weight excluding hydrogens is 368 g/mol. The van der Waals surface area contributed by atoms with Crippen LogP contribution in [0.1, 0.15) is 69.3 Å². The van der Waals surface area contributed by atoms with Crippen LogP contribution >= 0.6 is 0 Å². The van der Waals surface area contributed by atoms with Crippen LogP contribution in [0.2, 0.25) is 0 Å². The maximum absolute atomic E-state index is 12.5. The van der Waals surface area contributed by atoms with Gasteiger partial charge < -0.3 is 19.6 Å². The number of amides is 2. The molecule has 0 bridgehead atoms. The Balaban J connectivity index is 2.12. The van der Waals surface area contributed by atoms with Crippen LogP contribution < -0.4 is 0 Å². The second-order valence-corrected chi connectivity index (χ2v) is 8.69. The molecule has 2 atom stereocenters. The summed E-state index contributed by atoms with van der Waals surface area (Å²) in [6.07, 6.45) is 1.18. The summed E-state index contributed by atoms with van der Waals surface area (Å²) >= 11 is 0. The molecule has 0 spiro atoms. The number of carbonyl (C=O) groups is 2. The monoisotopic (exact) mass is 404 g/mol. The predicted molar refractivity (Wildman–Crippen MR) is 114 cm³/mol. The van der Waals surface area contributed by atoms with Crippen molar-refractivity contribution in [2.24, 2.45) is 5.92 Å². The standard InChI is InChI=1S/C23H36N2O4/c1-6-24(7-2)21(27)18-10-8-17(9-11-18)20-13-15-25(14-12-19(20)16-26)22(28)29-23(3,4)5/h8-11,19-20,26H,6-7,12-16H2,1-5H3. The van der Waals surface area contributed by atoms with Gasteiger partial charge in [-0.15, -0.1) is 0 Å². The third kappa shape index (κ3) is 6.20. The summed E-state index contributed by atoms with van der Waals surface area (Å²) in [7, 11) is 0. The van der Waals surface area contributed by atoms with Crippen LogP contribution in [0.15, 0.2) is 24.3 Å². The van der Waals surface area contributed by atoms with Gasteiger partial charge in [0.1, 0.15) is 5.60 Å². The van der Waals surface area contributed by atoms with Crippen LogP contribution in [-0.4, -0.2) is 65.3 Å². The molecule has 1 saturated heterocycles. The highest BCUT2D eigenvalue weighted by molar-refractivity contribution is 5.94. The maximum atomic E-state index is 12.5. The highest BCUT2D eigenvalue weighted by Crippen LogP contribution is 2.34. The van der Waals surface area contributed by atoms with E-state index in [-0.39, 0.29) is 30.4 Å². The van der Waals surface area contributed by atoms with Crippen molar-refractivity contribution in [1.82, 2.24) is 9.80 Å². The van der Waals surface area contributed by atoms with Crippen molar-refractivity contribution in [3.63, 3.8) is 0 Å². The molecule has 2 rings (SSSR count). The molecule has 1 aromatic carbocycles. The zero-order valence-electron chi connectivity index (χ0n) is 18.5. The number of rotatable bonds is 5. The molecule has 162 valence electrons. The fourth-order valence-electron chi connectivity index (χ4n) is 3.90. The summed E-state index contributed by atoms with van der Waals surface area (Å²) in [5.41, 5.74) is 1.26. The van der Waals surface area contributed by atoms with Crippen LogP contribution in [-0.2, 0) is 4.74 Å². The van der Waals surface area contributed by atoms with Crippen molar-refractivity contribution in [2.45, 2.75) is 59.0 Å². The van der Waals surface area contributed by atoms with E-state index >= 15 is 0 Å². The fourth-order valence-corrected chi connectivity index (χ4v) is 3.90. The quantitative estimate of drug-likeness (QED) is 0.808. The third-order valence-electron chi connectivity index (χ3n) is 5.57. The molecule has 1 aromatic rings. The molecule has 2 unspecified atom stereocenters. The van der Waals surface area contributed by atoms with Crippen molar-refractivity contribution in [2.75, 3.05) is 32.8 Å². The first-order chi connectivity index (χ1) is 13.7. The van der Waals surface area contributed by atoms with Crippen LogP contribution in [0.4, 0.5) is 4.79 Å². The van der Waals surface area contributed by atoms with E-state index in [4.69, 9.17) is 4.74 Å². The molecule has 29 heavy (non-hydrogen) atoms. The Labute approximate surface area is 174 Å². The van der Waals surface area contributed by atoms with E-state index in [1.54, 1.807) is 9.80 Å². The van der Waals surface area contributed by atoms with Crippen LogP contribution in [0.3, 0.4) is 0 Å². The van der Waals surface area contributed by atoms with E-state index in [1.165, 1.54) is 0 Å². The molecule has 1 heterocycles. The molecule has 0 aromatic heterocycles. The third-order valence-corrected chi connectivity index (χ3v) is 5.57. The largest absolute Gasteiger partial charge is 0.444 e. The normalized spacial score (nSPS) is 20.1. The van der Waals surface area contributed by atoms with E-state index in [2.05, 4.69) is 0 Å². The van der Waals surface area contributed by atoms with Crippen molar-refractivity contribution in [3.8, 4) is 0 Å². The van der Waals surface area contributed by atoms with Gasteiger partial charge in [0.2, 0.25) is 0 Å².